The molecule has 1 heterocycles. The molecule has 0 unspecified atom stereocenters. The molecule has 0 atom stereocenters. The van der Waals surface area contributed by atoms with Crippen molar-refractivity contribution in [2.75, 3.05) is 18.5 Å². The molecule has 1 aromatic heterocycles. The molecule has 0 amide bonds. The van der Waals surface area contributed by atoms with Gasteiger partial charge in [0.25, 0.3) is 0 Å². The van der Waals surface area contributed by atoms with Crippen molar-refractivity contribution < 1.29 is 4.74 Å². The zero-order valence-corrected chi connectivity index (χ0v) is 12.7. The van der Waals surface area contributed by atoms with Gasteiger partial charge < -0.3 is 10.1 Å². The number of anilines is 1. The van der Waals surface area contributed by atoms with Gasteiger partial charge in [0.05, 0.1) is 6.20 Å². The van der Waals surface area contributed by atoms with Crippen molar-refractivity contribution in [2.45, 2.75) is 13.3 Å². The number of ether oxygens (including phenoxy) is 1. The summed E-state index contributed by atoms with van der Waals surface area (Å²) in [7, 11) is 0. The number of benzene rings is 1. The molecule has 2 aromatic rings. The van der Waals surface area contributed by atoms with E-state index in [1.807, 2.05) is 42.5 Å². The third kappa shape index (κ3) is 5.08. The Balaban J connectivity index is 1.91. The first kappa shape index (κ1) is 15.3. The van der Waals surface area contributed by atoms with E-state index in [-0.39, 0.29) is 0 Å². The topological polar surface area (TPSA) is 47.0 Å². The highest BCUT2D eigenvalue weighted by atomic mass is 35.5. The minimum absolute atomic E-state index is 0.392. The average Bonchev–Trinajstić information content (AvgIpc) is 2.53. The van der Waals surface area contributed by atoms with Crippen molar-refractivity contribution in [2.24, 2.45) is 0 Å². The van der Waals surface area contributed by atoms with Crippen LogP contribution in [0.5, 0.6) is 5.88 Å². The van der Waals surface area contributed by atoms with Crippen molar-refractivity contribution in [1.82, 2.24) is 9.97 Å². The van der Waals surface area contributed by atoms with Crippen LogP contribution in [0.2, 0.25) is 5.02 Å². The van der Waals surface area contributed by atoms with Crippen molar-refractivity contribution in [3.63, 3.8) is 0 Å². The third-order valence-electron chi connectivity index (χ3n) is 2.67. The van der Waals surface area contributed by atoms with Crippen LogP contribution in [0.1, 0.15) is 18.9 Å². The summed E-state index contributed by atoms with van der Waals surface area (Å²) in [4.78, 5) is 8.34. The van der Waals surface area contributed by atoms with Crippen LogP contribution >= 0.6 is 11.6 Å². The highest BCUT2D eigenvalue weighted by Gasteiger charge is 2.05. The second kappa shape index (κ2) is 8.27. The summed E-state index contributed by atoms with van der Waals surface area (Å²) in [6, 6.07) is 10.0. The lowest BCUT2D eigenvalue weighted by Crippen LogP contribution is -2.06. The Morgan fingerprint density at radius 2 is 2.10 bits per heavy atom. The number of halogens is 1. The zero-order chi connectivity index (χ0) is 14.9. The second-order valence-electron chi connectivity index (χ2n) is 4.40. The van der Waals surface area contributed by atoms with Gasteiger partial charge in [0.1, 0.15) is 11.6 Å². The minimum atomic E-state index is 0.392. The van der Waals surface area contributed by atoms with Crippen LogP contribution in [0.3, 0.4) is 0 Å². The number of rotatable bonds is 7. The summed E-state index contributed by atoms with van der Waals surface area (Å²) < 4.78 is 5.57. The molecule has 0 saturated carbocycles. The van der Waals surface area contributed by atoms with Gasteiger partial charge in [-0.15, -0.1) is 0 Å². The van der Waals surface area contributed by atoms with Crippen LogP contribution in [0.25, 0.3) is 6.08 Å². The maximum absolute atomic E-state index is 6.02. The summed E-state index contributed by atoms with van der Waals surface area (Å²) in [6.45, 7) is 3.29. The van der Waals surface area contributed by atoms with Crippen LogP contribution in [0, 0.1) is 0 Å². The molecule has 0 aliphatic rings. The van der Waals surface area contributed by atoms with E-state index in [1.165, 1.54) is 0 Å². The molecule has 0 spiro atoms. The molecule has 0 aliphatic carbocycles. The van der Waals surface area contributed by atoms with E-state index in [9.17, 15) is 0 Å². The monoisotopic (exact) mass is 303 g/mol. The molecule has 0 saturated heterocycles. The lowest BCUT2D eigenvalue weighted by Gasteiger charge is -2.07. The molecule has 2 rings (SSSR count). The van der Waals surface area contributed by atoms with Gasteiger partial charge in [-0.2, -0.15) is 4.98 Å². The van der Waals surface area contributed by atoms with Crippen LogP contribution in [-0.4, -0.2) is 23.1 Å². The second-order valence-corrected chi connectivity index (χ2v) is 4.80. The van der Waals surface area contributed by atoms with E-state index in [1.54, 1.807) is 6.20 Å². The smallest absolute Gasteiger partial charge is 0.237 e. The van der Waals surface area contributed by atoms with Crippen LogP contribution < -0.4 is 10.1 Å². The number of nitrogens with one attached hydrogen (secondary N) is 1. The van der Waals surface area contributed by atoms with E-state index >= 15 is 0 Å². The number of nitrogens with zero attached hydrogens (tertiary/aromatic N) is 2. The van der Waals surface area contributed by atoms with Crippen molar-refractivity contribution in [1.29, 1.82) is 0 Å². The molecule has 1 aromatic carbocycles. The first-order valence-corrected chi connectivity index (χ1v) is 7.28. The van der Waals surface area contributed by atoms with E-state index in [4.69, 9.17) is 16.3 Å². The highest BCUT2D eigenvalue weighted by Crippen LogP contribution is 2.21. The van der Waals surface area contributed by atoms with Gasteiger partial charge in [0.15, 0.2) is 0 Å². The average molecular weight is 304 g/mol. The van der Waals surface area contributed by atoms with Gasteiger partial charge in [-0.25, -0.2) is 4.98 Å². The van der Waals surface area contributed by atoms with Gasteiger partial charge in [-0.3, -0.25) is 0 Å². The summed E-state index contributed by atoms with van der Waals surface area (Å²) in [5.41, 5.74) is 1.13. The fourth-order valence-corrected chi connectivity index (χ4v) is 1.80. The summed E-state index contributed by atoms with van der Waals surface area (Å²) in [5.74, 6) is 0.922. The molecule has 0 aliphatic heterocycles. The molecule has 110 valence electrons. The summed E-state index contributed by atoms with van der Waals surface area (Å²) >= 11 is 6.02. The Morgan fingerprint density at radius 1 is 1.29 bits per heavy atom. The number of hydrogen-bond donors (Lipinski definition) is 1. The Kier molecular flexibility index (Phi) is 6.03. The fourth-order valence-electron chi connectivity index (χ4n) is 1.65. The predicted octanol–water partition coefficient (Wildman–Crippen LogP) is 4.04. The predicted molar refractivity (Wildman–Crippen MR) is 86.8 cm³/mol. The first-order valence-electron chi connectivity index (χ1n) is 6.90. The molecule has 5 heteroatoms. The maximum Gasteiger partial charge on any atom is 0.237 e. The minimum Gasteiger partial charge on any atom is -0.472 e. The Labute approximate surface area is 129 Å². The number of hydrogen-bond acceptors (Lipinski definition) is 4. The molecule has 0 fully saturated rings. The Hall–Kier alpha value is -2.07. The fraction of sp³-hybridized carbons (Fsp3) is 0.250. The van der Waals surface area contributed by atoms with Gasteiger partial charge in [0, 0.05) is 6.54 Å². The standard InChI is InChI=1S/C16H18ClN3O/c1-2-10-18-16-19-12-14(17)15(20-16)21-11-6-9-13-7-4-3-5-8-13/h3-9,12H,2,10-11H2,1H3,(H,18,19,20)/b9-6+. The lowest BCUT2D eigenvalue weighted by molar-refractivity contribution is 0.349. The van der Waals surface area contributed by atoms with Gasteiger partial charge in [-0.05, 0) is 18.1 Å². The van der Waals surface area contributed by atoms with Crippen molar-refractivity contribution >= 4 is 23.6 Å². The first-order chi connectivity index (χ1) is 10.3. The van der Waals surface area contributed by atoms with Gasteiger partial charge in [-0.1, -0.05) is 54.9 Å². The third-order valence-corrected chi connectivity index (χ3v) is 2.93. The maximum atomic E-state index is 6.02. The molecular weight excluding hydrogens is 286 g/mol. The van der Waals surface area contributed by atoms with Crippen LogP contribution in [-0.2, 0) is 0 Å². The van der Waals surface area contributed by atoms with Gasteiger partial charge >= 0.3 is 0 Å². The van der Waals surface area contributed by atoms with E-state index in [0.29, 0.717) is 23.5 Å². The SMILES string of the molecule is CCCNc1ncc(Cl)c(OC/C=C/c2ccccc2)n1. The van der Waals surface area contributed by atoms with E-state index < -0.39 is 0 Å². The normalized spacial score (nSPS) is 10.8. The number of aromatic nitrogens is 2. The Bertz CT molecular complexity index is 587. The molecule has 1 N–H and O–H groups in total. The lowest BCUT2D eigenvalue weighted by atomic mass is 10.2. The summed E-state index contributed by atoms with van der Waals surface area (Å²) in [5, 5.41) is 3.51. The zero-order valence-electron chi connectivity index (χ0n) is 11.9. The van der Waals surface area contributed by atoms with E-state index in [0.717, 1.165) is 18.5 Å². The highest BCUT2D eigenvalue weighted by molar-refractivity contribution is 6.31. The molecule has 0 bridgehead atoms. The van der Waals surface area contributed by atoms with Gasteiger partial charge in [0.2, 0.25) is 11.8 Å². The van der Waals surface area contributed by atoms with E-state index in [2.05, 4.69) is 22.2 Å². The van der Waals surface area contributed by atoms with Crippen molar-refractivity contribution in [3.05, 3.63) is 53.2 Å². The molecule has 21 heavy (non-hydrogen) atoms. The largest absolute Gasteiger partial charge is 0.472 e. The van der Waals surface area contributed by atoms with Crippen LogP contribution in [0.4, 0.5) is 5.95 Å². The molecule has 4 nitrogen and oxygen atoms in total. The Morgan fingerprint density at radius 3 is 2.86 bits per heavy atom. The van der Waals surface area contributed by atoms with Crippen LogP contribution in [0.15, 0.2) is 42.6 Å². The summed E-state index contributed by atoms with van der Waals surface area (Å²) in [6.07, 6.45) is 6.46. The van der Waals surface area contributed by atoms with Crippen molar-refractivity contribution in [3.8, 4) is 5.88 Å². The molecular formula is C16H18ClN3O. The quantitative estimate of drug-likeness (QED) is 0.838. The molecule has 0 radical (unpaired) electrons.